The van der Waals surface area contributed by atoms with Gasteiger partial charge in [-0.15, -0.1) is 0 Å². The van der Waals surface area contributed by atoms with Crippen LogP contribution in [0.2, 0.25) is 0 Å². The standard InChI is InChI=1S/C12H18N4O5/c1-16(2)12(20)14-6-5-13-11(19)15-7-8-3-4-9(21-8)10(17)18/h3-4H,5-7H2,1-2H3,(H,14,20)(H,17,18)(H2,13,15,19). The van der Waals surface area contributed by atoms with E-state index in [2.05, 4.69) is 16.0 Å². The van der Waals surface area contributed by atoms with Crippen LogP contribution in [0.5, 0.6) is 0 Å². The van der Waals surface area contributed by atoms with Crippen molar-refractivity contribution in [3.63, 3.8) is 0 Å². The van der Waals surface area contributed by atoms with Crippen LogP contribution in [0, 0.1) is 0 Å². The van der Waals surface area contributed by atoms with Crippen molar-refractivity contribution in [1.82, 2.24) is 20.9 Å². The van der Waals surface area contributed by atoms with Crippen molar-refractivity contribution in [2.45, 2.75) is 6.54 Å². The lowest BCUT2D eigenvalue weighted by molar-refractivity contribution is 0.0660. The van der Waals surface area contributed by atoms with Gasteiger partial charge in [-0.3, -0.25) is 0 Å². The van der Waals surface area contributed by atoms with Crippen LogP contribution in [0.25, 0.3) is 0 Å². The molecule has 0 aliphatic heterocycles. The molecule has 9 nitrogen and oxygen atoms in total. The maximum Gasteiger partial charge on any atom is 0.371 e. The monoisotopic (exact) mass is 298 g/mol. The molecule has 0 aromatic carbocycles. The van der Waals surface area contributed by atoms with Crippen LogP contribution in [0.15, 0.2) is 16.5 Å². The number of carbonyl (C=O) groups is 3. The molecule has 1 aromatic heterocycles. The minimum absolute atomic E-state index is 0.0726. The number of hydrogen-bond acceptors (Lipinski definition) is 4. The van der Waals surface area contributed by atoms with Gasteiger partial charge in [0.05, 0.1) is 6.54 Å². The van der Waals surface area contributed by atoms with Gasteiger partial charge in [0, 0.05) is 27.2 Å². The van der Waals surface area contributed by atoms with Crippen molar-refractivity contribution >= 4 is 18.0 Å². The van der Waals surface area contributed by atoms with E-state index in [4.69, 9.17) is 9.52 Å². The Balaban J connectivity index is 2.19. The van der Waals surface area contributed by atoms with Crippen molar-refractivity contribution in [3.05, 3.63) is 23.7 Å². The summed E-state index contributed by atoms with van der Waals surface area (Å²) in [5.41, 5.74) is 0. The zero-order valence-corrected chi connectivity index (χ0v) is 11.8. The second-order valence-electron chi connectivity index (χ2n) is 4.31. The van der Waals surface area contributed by atoms with Crippen LogP contribution < -0.4 is 16.0 Å². The van der Waals surface area contributed by atoms with Crippen LogP contribution in [0.3, 0.4) is 0 Å². The van der Waals surface area contributed by atoms with Crippen molar-refractivity contribution < 1.29 is 23.9 Å². The van der Waals surface area contributed by atoms with E-state index in [1.54, 1.807) is 14.1 Å². The number of aromatic carboxylic acids is 1. The van der Waals surface area contributed by atoms with E-state index in [0.29, 0.717) is 12.3 Å². The number of nitrogens with one attached hydrogen (secondary N) is 3. The SMILES string of the molecule is CN(C)C(=O)NCCNC(=O)NCc1ccc(C(=O)O)o1. The Morgan fingerprint density at radius 2 is 1.81 bits per heavy atom. The molecule has 4 N–H and O–H groups in total. The Morgan fingerprint density at radius 1 is 1.14 bits per heavy atom. The average molecular weight is 298 g/mol. The molecule has 0 atom stereocenters. The summed E-state index contributed by atoms with van der Waals surface area (Å²) in [6.07, 6.45) is 0. The van der Waals surface area contributed by atoms with Gasteiger partial charge >= 0.3 is 18.0 Å². The summed E-state index contributed by atoms with van der Waals surface area (Å²) in [5.74, 6) is -1.01. The summed E-state index contributed by atoms with van der Waals surface area (Å²) < 4.78 is 4.97. The molecule has 0 aliphatic rings. The summed E-state index contributed by atoms with van der Waals surface area (Å²) in [6, 6.07) is 2.10. The average Bonchev–Trinajstić information content (AvgIpc) is 2.90. The minimum atomic E-state index is -1.16. The number of rotatable bonds is 6. The van der Waals surface area contributed by atoms with Crippen LogP contribution in [0.1, 0.15) is 16.3 Å². The number of carboxylic acids is 1. The highest BCUT2D eigenvalue weighted by atomic mass is 16.4. The lowest BCUT2D eigenvalue weighted by Crippen LogP contribution is -2.42. The summed E-state index contributed by atoms with van der Waals surface area (Å²) in [5, 5.41) is 16.3. The zero-order valence-electron chi connectivity index (χ0n) is 11.8. The predicted octanol–water partition coefficient (Wildman–Crippen LogP) is 0.0482. The van der Waals surface area contributed by atoms with E-state index in [0.717, 1.165) is 0 Å². The number of furan rings is 1. The number of hydrogen-bond donors (Lipinski definition) is 4. The third-order valence-electron chi connectivity index (χ3n) is 2.39. The van der Waals surface area contributed by atoms with Gasteiger partial charge in [-0.2, -0.15) is 0 Å². The summed E-state index contributed by atoms with van der Waals surface area (Å²) in [7, 11) is 3.23. The van der Waals surface area contributed by atoms with Crippen LogP contribution in [-0.2, 0) is 6.54 Å². The molecule has 0 spiro atoms. The van der Waals surface area contributed by atoms with Crippen molar-refractivity contribution in [3.8, 4) is 0 Å². The molecule has 0 saturated heterocycles. The van der Waals surface area contributed by atoms with Crippen LogP contribution >= 0.6 is 0 Å². The maximum atomic E-state index is 11.4. The second-order valence-corrected chi connectivity index (χ2v) is 4.31. The van der Waals surface area contributed by atoms with Gasteiger partial charge in [0.15, 0.2) is 0 Å². The fraction of sp³-hybridized carbons (Fsp3) is 0.417. The van der Waals surface area contributed by atoms with E-state index in [1.165, 1.54) is 17.0 Å². The van der Waals surface area contributed by atoms with Crippen LogP contribution in [0.4, 0.5) is 9.59 Å². The largest absolute Gasteiger partial charge is 0.475 e. The predicted molar refractivity (Wildman–Crippen MR) is 73.0 cm³/mol. The molecule has 0 radical (unpaired) electrons. The van der Waals surface area contributed by atoms with Gasteiger partial charge in [0.25, 0.3) is 0 Å². The number of carbonyl (C=O) groups excluding carboxylic acids is 2. The molecule has 0 aliphatic carbocycles. The molecular weight excluding hydrogens is 280 g/mol. The first kappa shape index (κ1) is 16.3. The van der Waals surface area contributed by atoms with Gasteiger partial charge in [-0.25, -0.2) is 14.4 Å². The molecule has 0 bridgehead atoms. The quantitative estimate of drug-likeness (QED) is 0.552. The number of nitrogens with zero attached hydrogens (tertiary/aromatic N) is 1. The minimum Gasteiger partial charge on any atom is -0.475 e. The van der Waals surface area contributed by atoms with E-state index in [1.807, 2.05) is 0 Å². The molecule has 0 saturated carbocycles. The molecule has 0 unspecified atom stereocenters. The number of carboxylic acid groups (broad SMARTS) is 1. The second kappa shape index (κ2) is 7.78. The van der Waals surface area contributed by atoms with Crippen LogP contribution in [-0.4, -0.2) is 55.2 Å². The number of urea groups is 2. The van der Waals surface area contributed by atoms with E-state index in [-0.39, 0.29) is 24.9 Å². The van der Waals surface area contributed by atoms with Gasteiger partial charge in [0.2, 0.25) is 5.76 Å². The lowest BCUT2D eigenvalue weighted by atomic mass is 10.4. The molecule has 1 aromatic rings. The third kappa shape index (κ3) is 5.85. The summed E-state index contributed by atoms with van der Waals surface area (Å²) >= 11 is 0. The smallest absolute Gasteiger partial charge is 0.371 e. The topological polar surface area (TPSA) is 124 Å². The fourth-order valence-corrected chi connectivity index (χ4v) is 1.32. The summed E-state index contributed by atoms with van der Waals surface area (Å²) in [4.78, 5) is 34.6. The molecule has 4 amide bonds. The Hall–Kier alpha value is -2.71. The molecule has 116 valence electrons. The summed E-state index contributed by atoms with van der Waals surface area (Å²) in [6.45, 7) is 0.640. The highest BCUT2D eigenvalue weighted by Crippen LogP contribution is 2.07. The molecule has 1 rings (SSSR count). The molecule has 0 fully saturated rings. The number of amides is 4. The molecule has 1 heterocycles. The van der Waals surface area contributed by atoms with E-state index in [9.17, 15) is 14.4 Å². The Kier molecular flexibility index (Phi) is 6.05. The lowest BCUT2D eigenvalue weighted by Gasteiger charge is -2.12. The third-order valence-corrected chi connectivity index (χ3v) is 2.39. The first-order valence-electron chi connectivity index (χ1n) is 6.19. The molecular formula is C12H18N4O5. The zero-order chi connectivity index (χ0) is 15.8. The van der Waals surface area contributed by atoms with Gasteiger partial charge < -0.3 is 30.4 Å². The molecule has 9 heteroatoms. The van der Waals surface area contributed by atoms with Crippen molar-refractivity contribution in [1.29, 1.82) is 0 Å². The first-order valence-corrected chi connectivity index (χ1v) is 6.19. The Morgan fingerprint density at radius 3 is 2.38 bits per heavy atom. The Bertz CT molecular complexity index is 512. The van der Waals surface area contributed by atoms with Crippen molar-refractivity contribution in [2.75, 3.05) is 27.2 Å². The van der Waals surface area contributed by atoms with E-state index < -0.39 is 12.0 Å². The normalized spacial score (nSPS) is 9.81. The van der Waals surface area contributed by atoms with Gasteiger partial charge in [0.1, 0.15) is 5.76 Å². The highest BCUT2D eigenvalue weighted by molar-refractivity contribution is 5.84. The molecule has 21 heavy (non-hydrogen) atoms. The highest BCUT2D eigenvalue weighted by Gasteiger charge is 2.09. The first-order chi connectivity index (χ1) is 9.90. The van der Waals surface area contributed by atoms with E-state index >= 15 is 0 Å². The van der Waals surface area contributed by atoms with Gasteiger partial charge in [-0.1, -0.05) is 0 Å². The maximum absolute atomic E-state index is 11.4. The fourth-order valence-electron chi connectivity index (χ4n) is 1.32. The Labute approximate surface area is 121 Å². The van der Waals surface area contributed by atoms with Crippen molar-refractivity contribution in [2.24, 2.45) is 0 Å². The van der Waals surface area contributed by atoms with Gasteiger partial charge in [-0.05, 0) is 12.1 Å².